The third kappa shape index (κ3) is 3.57. The first-order chi connectivity index (χ1) is 9.02. The third-order valence-corrected chi connectivity index (χ3v) is 2.76. The van der Waals surface area contributed by atoms with Crippen LogP contribution >= 0.6 is 0 Å². The highest BCUT2D eigenvalue weighted by atomic mass is 16.5. The van der Waals surface area contributed by atoms with Gasteiger partial charge in [0.05, 0.1) is 12.2 Å². The number of carbonyl (C=O) groups excluding carboxylic acids is 2. The lowest BCUT2D eigenvalue weighted by atomic mass is 10.1. The minimum Gasteiger partial charge on any atom is -0.462 e. The summed E-state index contributed by atoms with van der Waals surface area (Å²) in [6.45, 7) is 5.87. The average molecular weight is 268 g/mol. The van der Waals surface area contributed by atoms with Crippen molar-refractivity contribution in [3.8, 4) is 0 Å². The van der Waals surface area contributed by atoms with Crippen LogP contribution in [0, 0.1) is 13.8 Å². The van der Waals surface area contributed by atoms with Crippen molar-refractivity contribution in [2.45, 2.75) is 27.2 Å². The second-order valence-corrected chi connectivity index (χ2v) is 4.18. The van der Waals surface area contributed by atoms with Crippen LogP contribution in [-0.4, -0.2) is 41.7 Å². The van der Waals surface area contributed by atoms with Crippen LogP contribution in [0.5, 0.6) is 0 Å². The maximum Gasteiger partial charge on any atom is 0.340 e. The number of aromatic nitrogens is 1. The number of nitrogens with one attached hydrogen (secondary N) is 2. The highest BCUT2D eigenvalue weighted by molar-refractivity contribution is 6.00. The zero-order valence-electron chi connectivity index (χ0n) is 11.5. The Morgan fingerprint density at radius 3 is 2.63 bits per heavy atom. The molecule has 0 atom stereocenters. The van der Waals surface area contributed by atoms with E-state index < -0.39 is 5.97 Å². The molecule has 106 valence electrons. The van der Waals surface area contributed by atoms with Crippen LogP contribution in [0.3, 0.4) is 0 Å². The van der Waals surface area contributed by atoms with Crippen molar-refractivity contribution < 1.29 is 19.4 Å². The van der Waals surface area contributed by atoms with Crippen LogP contribution in [-0.2, 0) is 4.74 Å². The molecule has 1 aromatic rings. The third-order valence-electron chi connectivity index (χ3n) is 2.76. The normalized spacial score (nSPS) is 10.3. The predicted molar refractivity (Wildman–Crippen MR) is 70.3 cm³/mol. The fraction of sp³-hybridized carbons (Fsp3) is 0.538. The van der Waals surface area contributed by atoms with Crippen LogP contribution in [0.1, 0.15) is 45.4 Å². The topological polar surface area (TPSA) is 91.4 Å². The lowest BCUT2D eigenvalue weighted by molar-refractivity contribution is 0.0525. The molecule has 0 spiro atoms. The van der Waals surface area contributed by atoms with Gasteiger partial charge >= 0.3 is 5.97 Å². The van der Waals surface area contributed by atoms with Gasteiger partial charge in [-0.15, -0.1) is 0 Å². The van der Waals surface area contributed by atoms with Crippen molar-refractivity contribution in [2.75, 3.05) is 19.8 Å². The van der Waals surface area contributed by atoms with Gasteiger partial charge in [-0.05, 0) is 32.8 Å². The van der Waals surface area contributed by atoms with E-state index >= 15 is 0 Å². The van der Waals surface area contributed by atoms with Gasteiger partial charge in [0, 0.05) is 18.8 Å². The van der Waals surface area contributed by atoms with E-state index in [2.05, 4.69) is 10.3 Å². The lowest BCUT2D eigenvalue weighted by Crippen LogP contribution is -2.26. The van der Waals surface area contributed by atoms with Crippen LogP contribution in [0.15, 0.2) is 0 Å². The molecule has 0 bridgehead atoms. The van der Waals surface area contributed by atoms with Crippen molar-refractivity contribution in [1.82, 2.24) is 10.3 Å². The molecule has 0 aliphatic carbocycles. The van der Waals surface area contributed by atoms with E-state index in [9.17, 15) is 9.59 Å². The first kappa shape index (κ1) is 15.2. The summed E-state index contributed by atoms with van der Waals surface area (Å²) in [5.74, 6) is -0.715. The summed E-state index contributed by atoms with van der Waals surface area (Å²) < 4.78 is 4.96. The van der Waals surface area contributed by atoms with Crippen molar-refractivity contribution in [1.29, 1.82) is 0 Å². The van der Waals surface area contributed by atoms with Crippen LogP contribution in [0.4, 0.5) is 0 Å². The number of amides is 1. The number of aromatic amines is 1. The molecule has 0 saturated heterocycles. The van der Waals surface area contributed by atoms with Gasteiger partial charge < -0.3 is 20.1 Å². The van der Waals surface area contributed by atoms with Gasteiger partial charge in [0.2, 0.25) is 0 Å². The van der Waals surface area contributed by atoms with Gasteiger partial charge in [0.15, 0.2) is 0 Å². The Morgan fingerprint density at radius 1 is 1.37 bits per heavy atom. The first-order valence-electron chi connectivity index (χ1n) is 6.28. The van der Waals surface area contributed by atoms with Gasteiger partial charge in [0.25, 0.3) is 5.91 Å². The number of aryl methyl sites for hydroxylation is 1. The van der Waals surface area contributed by atoms with E-state index in [1.807, 2.05) is 0 Å². The van der Waals surface area contributed by atoms with E-state index in [4.69, 9.17) is 9.84 Å². The van der Waals surface area contributed by atoms with Crippen molar-refractivity contribution >= 4 is 11.9 Å². The Bertz CT molecular complexity index is 465. The summed E-state index contributed by atoms with van der Waals surface area (Å²) >= 11 is 0. The van der Waals surface area contributed by atoms with E-state index in [-0.39, 0.29) is 12.5 Å². The predicted octanol–water partition coefficient (Wildman–Crippen LogP) is 0.920. The van der Waals surface area contributed by atoms with Crippen molar-refractivity contribution in [3.05, 3.63) is 22.5 Å². The summed E-state index contributed by atoms with van der Waals surface area (Å²) in [6.07, 6.45) is 0.495. The van der Waals surface area contributed by atoms with E-state index in [0.29, 0.717) is 42.1 Å². The van der Waals surface area contributed by atoms with Gasteiger partial charge in [-0.2, -0.15) is 0 Å². The molecule has 1 amide bonds. The monoisotopic (exact) mass is 268 g/mol. The Kier molecular flexibility index (Phi) is 5.57. The van der Waals surface area contributed by atoms with Crippen LogP contribution in [0.25, 0.3) is 0 Å². The number of carbonyl (C=O) groups is 2. The number of hydrogen-bond acceptors (Lipinski definition) is 4. The maximum atomic E-state index is 11.9. The Morgan fingerprint density at radius 2 is 2.05 bits per heavy atom. The Labute approximate surface area is 112 Å². The quantitative estimate of drug-likeness (QED) is 0.528. The molecule has 6 nitrogen and oxygen atoms in total. The highest BCUT2D eigenvalue weighted by Crippen LogP contribution is 2.18. The second-order valence-electron chi connectivity index (χ2n) is 4.18. The number of hydrogen-bond donors (Lipinski definition) is 3. The molecule has 19 heavy (non-hydrogen) atoms. The average Bonchev–Trinajstić information content (AvgIpc) is 2.65. The van der Waals surface area contributed by atoms with Crippen molar-refractivity contribution in [3.63, 3.8) is 0 Å². The molecule has 6 heteroatoms. The molecule has 0 aromatic carbocycles. The number of aliphatic hydroxyl groups excluding tert-OH is 1. The second kappa shape index (κ2) is 6.94. The Hall–Kier alpha value is -1.82. The highest BCUT2D eigenvalue weighted by Gasteiger charge is 2.22. The van der Waals surface area contributed by atoms with Gasteiger partial charge in [-0.25, -0.2) is 4.79 Å². The minimum atomic E-state index is -0.428. The number of aliphatic hydroxyl groups is 1. The summed E-state index contributed by atoms with van der Waals surface area (Å²) in [6, 6.07) is 0. The standard InChI is InChI=1S/C13H20N2O4/c1-4-19-13(18)10-8(2)11(15-9(10)3)12(17)14-6-5-7-16/h15-16H,4-7H2,1-3H3,(H,14,17). The van der Waals surface area contributed by atoms with Gasteiger partial charge in [0.1, 0.15) is 5.69 Å². The fourth-order valence-corrected chi connectivity index (χ4v) is 1.86. The molecule has 0 saturated carbocycles. The van der Waals surface area contributed by atoms with E-state index in [1.165, 1.54) is 0 Å². The summed E-state index contributed by atoms with van der Waals surface area (Å²) in [5, 5.41) is 11.3. The molecule has 0 fully saturated rings. The summed E-state index contributed by atoms with van der Waals surface area (Å²) in [4.78, 5) is 26.6. The van der Waals surface area contributed by atoms with E-state index in [1.54, 1.807) is 20.8 Å². The molecule has 1 rings (SSSR count). The molecule has 0 radical (unpaired) electrons. The number of rotatable bonds is 6. The maximum absolute atomic E-state index is 11.9. The van der Waals surface area contributed by atoms with Crippen LogP contribution in [0.2, 0.25) is 0 Å². The largest absolute Gasteiger partial charge is 0.462 e. The SMILES string of the molecule is CCOC(=O)c1c(C)[nH]c(C(=O)NCCCO)c1C. The molecule has 0 unspecified atom stereocenters. The summed E-state index contributed by atoms with van der Waals surface area (Å²) in [7, 11) is 0. The molecule has 1 aromatic heterocycles. The van der Waals surface area contributed by atoms with Gasteiger partial charge in [-0.1, -0.05) is 0 Å². The van der Waals surface area contributed by atoms with Gasteiger partial charge in [-0.3, -0.25) is 4.79 Å². The van der Waals surface area contributed by atoms with E-state index in [0.717, 1.165) is 0 Å². The zero-order valence-corrected chi connectivity index (χ0v) is 11.5. The number of ether oxygens (including phenoxy) is 1. The Balaban J connectivity index is 2.89. The molecule has 0 aliphatic rings. The molecular weight excluding hydrogens is 248 g/mol. The van der Waals surface area contributed by atoms with Crippen LogP contribution < -0.4 is 5.32 Å². The lowest BCUT2D eigenvalue weighted by Gasteiger charge is -2.04. The number of esters is 1. The summed E-state index contributed by atoms with van der Waals surface area (Å²) in [5.41, 5.74) is 1.97. The minimum absolute atomic E-state index is 0.0249. The first-order valence-corrected chi connectivity index (χ1v) is 6.28. The molecule has 1 heterocycles. The molecular formula is C13H20N2O4. The molecule has 0 aliphatic heterocycles. The smallest absolute Gasteiger partial charge is 0.340 e. The molecule has 3 N–H and O–H groups in total. The zero-order chi connectivity index (χ0) is 14.4. The van der Waals surface area contributed by atoms with Crippen molar-refractivity contribution in [2.24, 2.45) is 0 Å². The number of H-pyrrole nitrogens is 1. The fourth-order valence-electron chi connectivity index (χ4n) is 1.86.